The van der Waals surface area contributed by atoms with Gasteiger partial charge >= 0.3 is 0 Å². The Bertz CT molecular complexity index is 986. The van der Waals surface area contributed by atoms with Crippen LogP contribution in [-0.2, 0) is 9.53 Å². The van der Waals surface area contributed by atoms with E-state index in [0.29, 0.717) is 24.8 Å². The number of carbonyl (C=O) groups excluding carboxylic acids is 1. The summed E-state index contributed by atoms with van der Waals surface area (Å²) >= 11 is 0. The molecule has 29 heavy (non-hydrogen) atoms. The summed E-state index contributed by atoms with van der Waals surface area (Å²) in [5.74, 6) is 1.95. The molecule has 2 aromatic heterocycles. The SMILES string of the molecule is Cc1ccnc(Nc2cc(Nc3ccc(NC(=O)C4CCOC4)cc3)ncn2)c1. The molecule has 0 saturated carbocycles. The molecule has 1 atom stereocenters. The fourth-order valence-electron chi connectivity index (χ4n) is 3.00. The Morgan fingerprint density at radius 3 is 2.41 bits per heavy atom. The van der Waals surface area contributed by atoms with E-state index < -0.39 is 0 Å². The number of aromatic nitrogens is 3. The lowest BCUT2D eigenvalue weighted by molar-refractivity contribution is -0.119. The quantitative estimate of drug-likeness (QED) is 0.591. The maximum atomic E-state index is 12.2. The Balaban J connectivity index is 1.38. The highest BCUT2D eigenvalue weighted by Crippen LogP contribution is 2.21. The van der Waals surface area contributed by atoms with E-state index in [-0.39, 0.29) is 11.8 Å². The summed E-state index contributed by atoms with van der Waals surface area (Å²) in [4.78, 5) is 24.9. The minimum atomic E-state index is -0.0670. The number of nitrogens with zero attached hydrogens (tertiary/aromatic N) is 3. The molecule has 1 unspecified atom stereocenters. The van der Waals surface area contributed by atoms with Crippen LogP contribution >= 0.6 is 0 Å². The number of nitrogens with one attached hydrogen (secondary N) is 3. The van der Waals surface area contributed by atoms with Crippen LogP contribution in [0.15, 0.2) is 55.0 Å². The minimum absolute atomic E-state index is 0.000478. The zero-order valence-corrected chi connectivity index (χ0v) is 16.1. The van der Waals surface area contributed by atoms with Gasteiger partial charge in [0.25, 0.3) is 0 Å². The molecule has 3 aromatic rings. The van der Waals surface area contributed by atoms with Gasteiger partial charge < -0.3 is 20.7 Å². The Kier molecular flexibility index (Phi) is 5.62. The third kappa shape index (κ3) is 5.05. The lowest BCUT2D eigenvalue weighted by Crippen LogP contribution is -2.22. The molecular weight excluding hydrogens is 368 g/mol. The number of anilines is 5. The number of carbonyl (C=O) groups is 1. The summed E-state index contributed by atoms with van der Waals surface area (Å²) in [6.45, 7) is 3.15. The highest BCUT2D eigenvalue weighted by atomic mass is 16.5. The zero-order chi connectivity index (χ0) is 20.1. The predicted molar refractivity (Wildman–Crippen MR) is 112 cm³/mol. The highest BCUT2D eigenvalue weighted by Gasteiger charge is 2.23. The van der Waals surface area contributed by atoms with Gasteiger partial charge in [-0.3, -0.25) is 4.79 Å². The standard InChI is InChI=1S/C21H22N6O2/c1-14-6-8-22-18(10-14)27-20-11-19(23-13-24-20)25-16-2-4-17(5-3-16)26-21(28)15-7-9-29-12-15/h2-6,8,10-11,13,15H,7,9,12H2,1H3,(H,26,28)(H2,22,23,24,25,27). The van der Waals surface area contributed by atoms with Crippen molar-refractivity contribution in [2.75, 3.05) is 29.2 Å². The summed E-state index contributed by atoms with van der Waals surface area (Å²) in [6, 6.07) is 13.2. The van der Waals surface area contributed by atoms with Gasteiger partial charge in [-0.15, -0.1) is 0 Å². The van der Waals surface area contributed by atoms with Crippen molar-refractivity contribution in [2.24, 2.45) is 5.92 Å². The van der Waals surface area contributed by atoms with E-state index in [1.165, 1.54) is 6.33 Å². The van der Waals surface area contributed by atoms with E-state index in [4.69, 9.17) is 4.74 Å². The van der Waals surface area contributed by atoms with E-state index in [1.54, 1.807) is 12.3 Å². The van der Waals surface area contributed by atoms with Crippen LogP contribution in [0.3, 0.4) is 0 Å². The Morgan fingerprint density at radius 2 is 1.69 bits per heavy atom. The van der Waals surface area contributed by atoms with Crippen molar-refractivity contribution in [3.8, 4) is 0 Å². The first-order valence-corrected chi connectivity index (χ1v) is 9.43. The molecule has 0 radical (unpaired) electrons. The first kappa shape index (κ1) is 18.8. The van der Waals surface area contributed by atoms with Crippen molar-refractivity contribution in [1.82, 2.24) is 15.0 Å². The zero-order valence-electron chi connectivity index (χ0n) is 16.1. The molecule has 148 valence electrons. The third-order valence-electron chi connectivity index (χ3n) is 4.56. The van der Waals surface area contributed by atoms with Gasteiger partial charge in [0.1, 0.15) is 23.8 Å². The average Bonchev–Trinajstić information content (AvgIpc) is 3.25. The smallest absolute Gasteiger partial charge is 0.229 e. The number of rotatable bonds is 6. The Morgan fingerprint density at radius 1 is 0.966 bits per heavy atom. The molecule has 1 amide bonds. The van der Waals surface area contributed by atoms with Crippen LogP contribution in [0, 0.1) is 12.8 Å². The number of pyridine rings is 1. The summed E-state index contributed by atoms with van der Waals surface area (Å²) in [6.07, 6.45) is 4.00. The molecule has 8 heteroatoms. The third-order valence-corrected chi connectivity index (χ3v) is 4.56. The second-order valence-corrected chi connectivity index (χ2v) is 6.88. The van der Waals surface area contributed by atoms with Crippen LogP contribution in [-0.4, -0.2) is 34.1 Å². The number of hydrogen-bond donors (Lipinski definition) is 3. The van der Waals surface area contributed by atoms with Crippen LogP contribution < -0.4 is 16.0 Å². The molecular formula is C21H22N6O2. The molecule has 1 saturated heterocycles. The molecule has 0 aliphatic carbocycles. The van der Waals surface area contributed by atoms with Gasteiger partial charge in [0.2, 0.25) is 5.91 Å². The van der Waals surface area contributed by atoms with Crippen LogP contribution in [0.4, 0.5) is 28.8 Å². The second kappa shape index (κ2) is 8.66. The van der Waals surface area contributed by atoms with Crippen LogP contribution in [0.25, 0.3) is 0 Å². The van der Waals surface area contributed by atoms with Crippen molar-refractivity contribution in [3.63, 3.8) is 0 Å². The predicted octanol–water partition coefficient (Wildman–Crippen LogP) is 3.64. The monoisotopic (exact) mass is 390 g/mol. The van der Waals surface area contributed by atoms with E-state index in [1.807, 2.05) is 43.3 Å². The van der Waals surface area contributed by atoms with E-state index in [9.17, 15) is 4.79 Å². The molecule has 1 aliphatic rings. The van der Waals surface area contributed by atoms with Crippen molar-refractivity contribution >= 4 is 34.7 Å². The average molecular weight is 390 g/mol. The summed E-state index contributed by atoms with van der Waals surface area (Å²) in [7, 11) is 0. The Hall–Kier alpha value is -3.52. The topological polar surface area (TPSA) is 101 Å². The summed E-state index contributed by atoms with van der Waals surface area (Å²) < 4.78 is 5.26. The highest BCUT2D eigenvalue weighted by molar-refractivity contribution is 5.93. The van der Waals surface area contributed by atoms with Gasteiger partial charge in [-0.25, -0.2) is 15.0 Å². The van der Waals surface area contributed by atoms with Gasteiger partial charge in [-0.2, -0.15) is 0 Å². The fourth-order valence-corrected chi connectivity index (χ4v) is 3.00. The van der Waals surface area contributed by atoms with Gasteiger partial charge in [0, 0.05) is 30.2 Å². The fraction of sp³-hybridized carbons (Fsp3) is 0.238. The number of benzene rings is 1. The lowest BCUT2D eigenvalue weighted by Gasteiger charge is -2.11. The molecule has 1 aromatic carbocycles. The number of aryl methyl sites for hydroxylation is 1. The number of hydrogen-bond acceptors (Lipinski definition) is 7. The van der Waals surface area contributed by atoms with Gasteiger partial charge in [-0.05, 0) is 55.3 Å². The molecule has 4 rings (SSSR count). The second-order valence-electron chi connectivity index (χ2n) is 6.88. The molecule has 0 spiro atoms. The Labute approximate surface area is 168 Å². The maximum absolute atomic E-state index is 12.2. The first-order chi connectivity index (χ1) is 14.2. The molecule has 8 nitrogen and oxygen atoms in total. The van der Waals surface area contributed by atoms with Crippen molar-refractivity contribution in [3.05, 3.63) is 60.6 Å². The number of amides is 1. The molecule has 3 N–H and O–H groups in total. The van der Waals surface area contributed by atoms with Crippen LogP contribution in [0.1, 0.15) is 12.0 Å². The normalized spacial score (nSPS) is 15.7. The first-order valence-electron chi connectivity index (χ1n) is 9.43. The van der Waals surface area contributed by atoms with Gasteiger partial charge in [-0.1, -0.05) is 0 Å². The molecule has 3 heterocycles. The van der Waals surface area contributed by atoms with Crippen molar-refractivity contribution < 1.29 is 9.53 Å². The summed E-state index contributed by atoms with van der Waals surface area (Å²) in [5.41, 5.74) is 2.72. The van der Waals surface area contributed by atoms with Gasteiger partial charge in [0.15, 0.2) is 0 Å². The molecule has 1 aliphatic heterocycles. The largest absolute Gasteiger partial charge is 0.381 e. The van der Waals surface area contributed by atoms with E-state index in [0.717, 1.165) is 29.2 Å². The molecule has 0 bridgehead atoms. The van der Waals surface area contributed by atoms with Crippen molar-refractivity contribution in [1.29, 1.82) is 0 Å². The van der Waals surface area contributed by atoms with E-state index in [2.05, 4.69) is 30.9 Å². The van der Waals surface area contributed by atoms with Crippen LogP contribution in [0.2, 0.25) is 0 Å². The summed E-state index contributed by atoms with van der Waals surface area (Å²) in [5, 5.41) is 9.33. The van der Waals surface area contributed by atoms with Crippen LogP contribution in [0.5, 0.6) is 0 Å². The lowest BCUT2D eigenvalue weighted by atomic mass is 10.1. The maximum Gasteiger partial charge on any atom is 0.229 e. The minimum Gasteiger partial charge on any atom is -0.381 e. The number of ether oxygens (including phenoxy) is 1. The van der Waals surface area contributed by atoms with Gasteiger partial charge in [0.05, 0.1) is 12.5 Å². The van der Waals surface area contributed by atoms with Crippen molar-refractivity contribution in [2.45, 2.75) is 13.3 Å². The van der Waals surface area contributed by atoms with E-state index >= 15 is 0 Å². The molecule has 1 fully saturated rings.